The summed E-state index contributed by atoms with van der Waals surface area (Å²) in [7, 11) is 0. The van der Waals surface area contributed by atoms with Crippen LogP contribution in [0.5, 0.6) is 0 Å². The van der Waals surface area contributed by atoms with E-state index in [4.69, 9.17) is 13.5 Å². The highest BCUT2D eigenvalue weighted by Gasteiger charge is 2.19. The highest BCUT2D eigenvalue weighted by molar-refractivity contribution is 5.93. The van der Waals surface area contributed by atoms with E-state index >= 15 is 0 Å². The molecule has 3 aromatic rings. The van der Waals surface area contributed by atoms with Gasteiger partial charge in [0.15, 0.2) is 11.6 Å². The van der Waals surface area contributed by atoms with Crippen molar-refractivity contribution < 1.29 is 18.3 Å². The van der Waals surface area contributed by atoms with Crippen LogP contribution in [-0.4, -0.2) is 26.2 Å². The Morgan fingerprint density at radius 3 is 2.73 bits per heavy atom. The van der Waals surface area contributed by atoms with Gasteiger partial charge in [0.2, 0.25) is 11.8 Å². The second kappa shape index (κ2) is 5.80. The fourth-order valence-corrected chi connectivity index (χ4v) is 1.81. The Morgan fingerprint density at radius 2 is 2.05 bits per heavy atom. The van der Waals surface area contributed by atoms with Gasteiger partial charge < -0.3 is 18.8 Å². The molecule has 0 radical (unpaired) electrons. The number of nitrogens with zero attached hydrogens (tertiary/aromatic N) is 4. The van der Waals surface area contributed by atoms with Crippen LogP contribution in [0.25, 0.3) is 0 Å². The summed E-state index contributed by atoms with van der Waals surface area (Å²) in [6.45, 7) is 3.44. The van der Waals surface area contributed by atoms with Crippen molar-refractivity contribution >= 4 is 5.91 Å². The lowest BCUT2D eigenvalue weighted by atomic mass is 10.2. The van der Waals surface area contributed by atoms with Crippen LogP contribution in [0.1, 0.15) is 46.8 Å². The molecule has 3 heterocycles. The van der Waals surface area contributed by atoms with Crippen LogP contribution in [0.4, 0.5) is 0 Å². The number of carbonyl (C=O) groups excluding carboxylic acids is 1. The Hall–Kier alpha value is -2.97. The van der Waals surface area contributed by atoms with Crippen LogP contribution in [0.3, 0.4) is 0 Å². The molecule has 0 aromatic carbocycles. The Kier molecular flexibility index (Phi) is 3.69. The maximum absolute atomic E-state index is 11.9. The minimum Gasteiger partial charge on any atom is -0.472 e. The maximum Gasteiger partial charge on any atom is 0.255 e. The number of nitrogens with one attached hydrogen (secondary N) is 1. The molecule has 0 fully saturated rings. The number of carbonyl (C=O) groups is 1. The summed E-state index contributed by atoms with van der Waals surface area (Å²) in [5, 5.41) is 10.3. The van der Waals surface area contributed by atoms with Gasteiger partial charge >= 0.3 is 0 Å². The van der Waals surface area contributed by atoms with Crippen LogP contribution in [-0.2, 0) is 6.42 Å². The van der Waals surface area contributed by atoms with Gasteiger partial charge in [-0.25, -0.2) is 0 Å². The highest BCUT2D eigenvalue weighted by Crippen LogP contribution is 2.12. The highest BCUT2D eigenvalue weighted by atomic mass is 16.5. The Bertz CT molecular complexity index is 761. The average molecular weight is 303 g/mol. The van der Waals surface area contributed by atoms with E-state index in [2.05, 4.69) is 25.6 Å². The number of hydrogen-bond donors (Lipinski definition) is 1. The minimum atomic E-state index is -0.435. The Balaban J connectivity index is 1.64. The summed E-state index contributed by atoms with van der Waals surface area (Å²) in [5.74, 6) is 1.38. The van der Waals surface area contributed by atoms with Crippen molar-refractivity contribution in [1.82, 2.24) is 25.6 Å². The van der Waals surface area contributed by atoms with Crippen LogP contribution >= 0.6 is 0 Å². The minimum absolute atomic E-state index is 0.283. The van der Waals surface area contributed by atoms with Crippen molar-refractivity contribution in [2.24, 2.45) is 0 Å². The molecule has 1 unspecified atom stereocenters. The molecule has 0 saturated heterocycles. The molecule has 0 aliphatic rings. The first-order chi connectivity index (χ1) is 10.6. The molecule has 1 amide bonds. The third-order valence-corrected chi connectivity index (χ3v) is 2.87. The predicted octanol–water partition coefficient (Wildman–Crippen LogP) is 1.44. The van der Waals surface area contributed by atoms with Crippen molar-refractivity contribution in [3.05, 3.63) is 47.6 Å². The fourth-order valence-electron chi connectivity index (χ4n) is 1.81. The van der Waals surface area contributed by atoms with Gasteiger partial charge in [-0.2, -0.15) is 9.97 Å². The van der Waals surface area contributed by atoms with Gasteiger partial charge in [-0.05, 0) is 13.0 Å². The van der Waals surface area contributed by atoms with Gasteiger partial charge in [0.25, 0.3) is 5.91 Å². The fraction of sp³-hybridized carbons (Fsp3) is 0.308. The first-order valence-corrected chi connectivity index (χ1v) is 6.56. The van der Waals surface area contributed by atoms with E-state index in [9.17, 15) is 4.79 Å². The number of aromatic nitrogens is 4. The Labute approximate surface area is 124 Å². The SMILES string of the molecule is Cc1nc(Cc2noc(C(C)NC(=O)c3ccoc3)n2)no1. The van der Waals surface area contributed by atoms with E-state index in [1.807, 2.05) is 0 Å². The quantitative estimate of drug-likeness (QED) is 0.751. The van der Waals surface area contributed by atoms with Gasteiger partial charge in [-0.3, -0.25) is 4.79 Å². The summed E-state index contributed by atoms with van der Waals surface area (Å²) < 4.78 is 14.9. The second-order valence-corrected chi connectivity index (χ2v) is 4.66. The monoisotopic (exact) mass is 303 g/mol. The van der Waals surface area contributed by atoms with Crippen molar-refractivity contribution in [3.8, 4) is 0 Å². The molecule has 0 aliphatic heterocycles. The van der Waals surface area contributed by atoms with Crippen molar-refractivity contribution in [1.29, 1.82) is 0 Å². The number of furan rings is 1. The van der Waals surface area contributed by atoms with Gasteiger partial charge in [0, 0.05) is 6.92 Å². The maximum atomic E-state index is 11.9. The third-order valence-electron chi connectivity index (χ3n) is 2.87. The normalized spacial score (nSPS) is 12.3. The molecule has 114 valence electrons. The van der Waals surface area contributed by atoms with E-state index in [-0.39, 0.29) is 5.91 Å². The zero-order valence-corrected chi connectivity index (χ0v) is 11.9. The molecule has 0 aliphatic carbocycles. The topological polar surface area (TPSA) is 120 Å². The van der Waals surface area contributed by atoms with Gasteiger partial charge in [0.05, 0.1) is 18.2 Å². The smallest absolute Gasteiger partial charge is 0.255 e. The van der Waals surface area contributed by atoms with Crippen LogP contribution < -0.4 is 5.32 Å². The molecule has 9 nitrogen and oxygen atoms in total. The number of amides is 1. The van der Waals surface area contributed by atoms with Crippen LogP contribution in [0.2, 0.25) is 0 Å². The summed E-state index contributed by atoms with van der Waals surface area (Å²) in [6, 6.07) is 1.13. The van der Waals surface area contributed by atoms with Crippen molar-refractivity contribution in [2.75, 3.05) is 0 Å². The lowest BCUT2D eigenvalue weighted by molar-refractivity contribution is 0.0932. The molecule has 22 heavy (non-hydrogen) atoms. The summed E-state index contributed by atoms with van der Waals surface area (Å²) in [6.07, 6.45) is 3.08. The molecule has 3 rings (SSSR count). The lowest BCUT2D eigenvalue weighted by Gasteiger charge is -2.07. The third kappa shape index (κ3) is 3.03. The average Bonchev–Trinajstić information content (AvgIpc) is 3.20. The Morgan fingerprint density at radius 1 is 1.27 bits per heavy atom. The molecular weight excluding hydrogens is 290 g/mol. The van der Waals surface area contributed by atoms with Crippen molar-refractivity contribution in [3.63, 3.8) is 0 Å². The van der Waals surface area contributed by atoms with E-state index in [1.54, 1.807) is 19.9 Å². The van der Waals surface area contributed by atoms with E-state index in [0.29, 0.717) is 35.4 Å². The van der Waals surface area contributed by atoms with Crippen LogP contribution in [0.15, 0.2) is 32.1 Å². The standard InChI is InChI=1S/C13H13N5O4/c1-7(14-12(19)9-3-4-20-6-9)13-16-11(18-22-13)5-10-15-8(2)21-17-10/h3-4,6-7H,5H2,1-2H3,(H,14,19). The van der Waals surface area contributed by atoms with E-state index < -0.39 is 6.04 Å². The number of hydrogen-bond acceptors (Lipinski definition) is 8. The van der Waals surface area contributed by atoms with Gasteiger partial charge in [-0.15, -0.1) is 0 Å². The molecule has 1 atom stereocenters. The molecule has 3 aromatic heterocycles. The second-order valence-electron chi connectivity index (χ2n) is 4.66. The first kappa shape index (κ1) is 14.0. The molecule has 9 heteroatoms. The van der Waals surface area contributed by atoms with Gasteiger partial charge in [0.1, 0.15) is 12.3 Å². The summed E-state index contributed by atoms with van der Waals surface area (Å²) >= 11 is 0. The molecular formula is C13H13N5O4. The van der Waals surface area contributed by atoms with E-state index in [0.717, 1.165) is 0 Å². The first-order valence-electron chi connectivity index (χ1n) is 6.56. The molecule has 0 saturated carbocycles. The summed E-state index contributed by atoms with van der Waals surface area (Å²) in [5.41, 5.74) is 0.425. The van der Waals surface area contributed by atoms with Crippen molar-refractivity contribution in [2.45, 2.75) is 26.3 Å². The molecule has 0 spiro atoms. The van der Waals surface area contributed by atoms with Crippen LogP contribution in [0, 0.1) is 6.92 Å². The molecule has 0 bridgehead atoms. The summed E-state index contributed by atoms with van der Waals surface area (Å²) in [4.78, 5) is 20.2. The molecule has 1 N–H and O–H groups in total. The predicted molar refractivity (Wildman–Crippen MR) is 70.7 cm³/mol. The van der Waals surface area contributed by atoms with E-state index in [1.165, 1.54) is 12.5 Å². The largest absolute Gasteiger partial charge is 0.472 e. The zero-order valence-electron chi connectivity index (χ0n) is 11.9. The van der Waals surface area contributed by atoms with Gasteiger partial charge in [-0.1, -0.05) is 10.3 Å². The zero-order chi connectivity index (χ0) is 15.5. The lowest BCUT2D eigenvalue weighted by Crippen LogP contribution is -2.26. The number of rotatable bonds is 5. The number of aryl methyl sites for hydroxylation is 1.